The molecular weight excluding hydrogens is 204 g/mol. The Labute approximate surface area is 95.0 Å². The highest BCUT2D eigenvalue weighted by Crippen LogP contribution is 2.22. The molecule has 4 nitrogen and oxygen atoms in total. The van der Waals surface area contributed by atoms with Crippen LogP contribution in [0, 0.1) is 0 Å². The molecule has 0 spiro atoms. The number of hydrogen-bond donors (Lipinski definition) is 1. The number of likely N-dealkylation sites (tertiary alicyclic amines) is 1. The lowest BCUT2D eigenvalue weighted by atomic mass is 9.89. The summed E-state index contributed by atoms with van der Waals surface area (Å²) >= 11 is 0. The molecule has 16 heavy (non-hydrogen) atoms. The molecule has 0 aliphatic carbocycles. The van der Waals surface area contributed by atoms with Gasteiger partial charge in [-0.1, -0.05) is 25.1 Å². The van der Waals surface area contributed by atoms with E-state index >= 15 is 0 Å². The van der Waals surface area contributed by atoms with Gasteiger partial charge in [0.25, 0.3) is 0 Å². The van der Waals surface area contributed by atoms with Gasteiger partial charge in [-0.15, -0.1) is 0 Å². The van der Waals surface area contributed by atoms with Crippen molar-refractivity contribution in [3.8, 4) is 5.75 Å². The van der Waals surface area contributed by atoms with Crippen LogP contribution >= 0.6 is 0 Å². The van der Waals surface area contributed by atoms with E-state index in [9.17, 15) is 4.79 Å². The first-order chi connectivity index (χ1) is 7.63. The van der Waals surface area contributed by atoms with Crippen LogP contribution in [0.1, 0.15) is 13.3 Å². The van der Waals surface area contributed by atoms with Gasteiger partial charge in [-0.2, -0.15) is 0 Å². The standard InChI is InChI=1S/C12H16N2O2/c1-2-12(13)8-14(9-12)11(15)16-10-6-4-3-5-7-10/h3-7H,2,8-9,13H2,1H3. The van der Waals surface area contributed by atoms with Gasteiger partial charge in [-0.05, 0) is 18.6 Å². The molecule has 1 aliphatic heterocycles. The van der Waals surface area contributed by atoms with Gasteiger partial charge in [0.1, 0.15) is 5.75 Å². The lowest BCUT2D eigenvalue weighted by molar-refractivity contribution is 0.0666. The third-order valence-corrected chi connectivity index (χ3v) is 2.92. The predicted molar refractivity (Wildman–Crippen MR) is 61.2 cm³/mol. The molecule has 0 unspecified atom stereocenters. The Morgan fingerprint density at radius 2 is 2.06 bits per heavy atom. The maximum atomic E-state index is 11.6. The Hall–Kier alpha value is -1.55. The van der Waals surface area contributed by atoms with Crippen molar-refractivity contribution in [3.63, 3.8) is 0 Å². The van der Waals surface area contributed by atoms with E-state index in [-0.39, 0.29) is 11.6 Å². The molecule has 1 fully saturated rings. The van der Waals surface area contributed by atoms with E-state index in [0.717, 1.165) is 6.42 Å². The zero-order valence-corrected chi connectivity index (χ0v) is 9.35. The fraction of sp³-hybridized carbons (Fsp3) is 0.417. The average Bonchev–Trinajstić information content (AvgIpc) is 2.26. The summed E-state index contributed by atoms with van der Waals surface area (Å²) in [5.74, 6) is 0.568. The molecule has 1 aromatic carbocycles. The third kappa shape index (κ3) is 2.17. The second kappa shape index (κ2) is 4.14. The minimum Gasteiger partial charge on any atom is -0.410 e. The summed E-state index contributed by atoms with van der Waals surface area (Å²) in [6.07, 6.45) is 0.558. The zero-order chi connectivity index (χ0) is 11.6. The van der Waals surface area contributed by atoms with Gasteiger partial charge in [0.05, 0.1) is 5.54 Å². The smallest absolute Gasteiger partial charge is 0.410 e. The summed E-state index contributed by atoms with van der Waals surface area (Å²) in [6.45, 7) is 3.18. The molecule has 1 heterocycles. The maximum Gasteiger partial charge on any atom is 0.415 e. The molecule has 4 heteroatoms. The molecule has 1 aliphatic rings. The monoisotopic (exact) mass is 220 g/mol. The van der Waals surface area contributed by atoms with E-state index in [1.165, 1.54) is 0 Å². The van der Waals surface area contributed by atoms with Crippen LogP contribution in [-0.4, -0.2) is 29.6 Å². The topological polar surface area (TPSA) is 55.6 Å². The molecule has 1 aromatic rings. The lowest BCUT2D eigenvalue weighted by Gasteiger charge is -2.46. The van der Waals surface area contributed by atoms with Crippen LogP contribution in [0.25, 0.3) is 0 Å². The molecule has 86 valence electrons. The van der Waals surface area contributed by atoms with Gasteiger partial charge in [-0.25, -0.2) is 4.79 Å². The molecule has 1 amide bonds. The molecule has 0 saturated carbocycles. The molecule has 0 aromatic heterocycles. The Balaban J connectivity index is 1.87. The number of ether oxygens (including phenoxy) is 1. The summed E-state index contributed by atoms with van der Waals surface area (Å²) in [5, 5.41) is 0. The van der Waals surface area contributed by atoms with Crippen molar-refractivity contribution in [1.82, 2.24) is 4.90 Å². The van der Waals surface area contributed by atoms with Crippen molar-refractivity contribution in [2.24, 2.45) is 5.73 Å². The van der Waals surface area contributed by atoms with E-state index in [2.05, 4.69) is 0 Å². The number of rotatable bonds is 2. The zero-order valence-electron chi connectivity index (χ0n) is 9.35. The number of carbonyl (C=O) groups is 1. The lowest BCUT2D eigenvalue weighted by Crippen LogP contribution is -2.68. The number of para-hydroxylation sites is 1. The SMILES string of the molecule is CCC1(N)CN(C(=O)Oc2ccccc2)C1. The highest BCUT2D eigenvalue weighted by atomic mass is 16.6. The third-order valence-electron chi connectivity index (χ3n) is 2.92. The summed E-state index contributed by atoms with van der Waals surface area (Å²) in [7, 11) is 0. The minimum absolute atomic E-state index is 0.213. The minimum atomic E-state index is -0.319. The van der Waals surface area contributed by atoms with Gasteiger partial charge < -0.3 is 15.4 Å². The molecule has 2 N–H and O–H groups in total. The van der Waals surface area contributed by atoms with Crippen LogP contribution in [0.3, 0.4) is 0 Å². The number of amides is 1. The van der Waals surface area contributed by atoms with Crippen molar-refractivity contribution >= 4 is 6.09 Å². The van der Waals surface area contributed by atoms with Crippen molar-refractivity contribution in [3.05, 3.63) is 30.3 Å². The van der Waals surface area contributed by atoms with Gasteiger partial charge in [0, 0.05) is 13.1 Å². The highest BCUT2D eigenvalue weighted by molar-refractivity contribution is 5.72. The van der Waals surface area contributed by atoms with Crippen LogP contribution in [0.5, 0.6) is 5.75 Å². The van der Waals surface area contributed by atoms with Crippen LogP contribution < -0.4 is 10.5 Å². The highest BCUT2D eigenvalue weighted by Gasteiger charge is 2.41. The molecule has 1 saturated heterocycles. The van der Waals surface area contributed by atoms with Gasteiger partial charge in [0.2, 0.25) is 0 Å². The van der Waals surface area contributed by atoms with Crippen LogP contribution in [-0.2, 0) is 0 Å². The molecule has 2 rings (SSSR count). The fourth-order valence-electron chi connectivity index (χ4n) is 1.72. The first-order valence-corrected chi connectivity index (χ1v) is 5.44. The Morgan fingerprint density at radius 3 is 2.62 bits per heavy atom. The van der Waals surface area contributed by atoms with E-state index in [0.29, 0.717) is 18.8 Å². The first-order valence-electron chi connectivity index (χ1n) is 5.44. The van der Waals surface area contributed by atoms with Crippen molar-refractivity contribution < 1.29 is 9.53 Å². The number of benzene rings is 1. The number of nitrogens with two attached hydrogens (primary N) is 1. The van der Waals surface area contributed by atoms with Crippen molar-refractivity contribution in [2.45, 2.75) is 18.9 Å². The van der Waals surface area contributed by atoms with Gasteiger partial charge >= 0.3 is 6.09 Å². The number of hydrogen-bond acceptors (Lipinski definition) is 3. The van der Waals surface area contributed by atoms with E-state index in [1.807, 2.05) is 25.1 Å². The summed E-state index contributed by atoms with van der Waals surface area (Å²) in [5.41, 5.74) is 5.76. The summed E-state index contributed by atoms with van der Waals surface area (Å²) in [6, 6.07) is 9.05. The van der Waals surface area contributed by atoms with E-state index in [4.69, 9.17) is 10.5 Å². The van der Waals surface area contributed by atoms with E-state index in [1.54, 1.807) is 17.0 Å². The molecule has 0 bridgehead atoms. The second-order valence-electron chi connectivity index (χ2n) is 4.25. The van der Waals surface area contributed by atoms with Crippen LogP contribution in [0.15, 0.2) is 30.3 Å². The van der Waals surface area contributed by atoms with E-state index < -0.39 is 0 Å². The Kier molecular flexibility index (Phi) is 2.83. The summed E-state index contributed by atoms with van der Waals surface area (Å²) in [4.78, 5) is 13.3. The predicted octanol–water partition coefficient (Wildman–Crippen LogP) is 1.61. The quantitative estimate of drug-likeness (QED) is 0.823. The van der Waals surface area contributed by atoms with Crippen LogP contribution in [0.2, 0.25) is 0 Å². The van der Waals surface area contributed by atoms with Gasteiger partial charge in [-0.3, -0.25) is 0 Å². The average molecular weight is 220 g/mol. The van der Waals surface area contributed by atoms with Gasteiger partial charge in [0.15, 0.2) is 0 Å². The van der Waals surface area contributed by atoms with Crippen molar-refractivity contribution in [1.29, 1.82) is 0 Å². The second-order valence-corrected chi connectivity index (χ2v) is 4.25. The Morgan fingerprint density at radius 1 is 1.44 bits per heavy atom. The first kappa shape index (κ1) is 11.0. The Bertz CT molecular complexity index is 372. The summed E-state index contributed by atoms with van der Waals surface area (Å²) < 4.78 is 5.19. The van der Waals surface area contributed by atoms with Crippen molar-refractivity contribution in [2.75, 3.05) is 13.1 Å². The largest absolute Gasteiger partial charge is 0.415 e. The van der Waals surface area contributed by atoms with Crippen LogP contribution in [0.4, 0.5) is 4.79 Å². The molecular formula is C12H16N2O2. The maximum absolute atomic E-state index is 11.6. The molecule has 0 radical (unpaired) electrons. The fourth-order valence-corrected chi connectivity index (χ4v) is 1.72. The number of carbonyl (C=O) groups excluding carboxylic acids is 1. The normalized spacial score (nSPS) is 17.8. The number of nitrogens with zero attached hydrogens (tertiary/aromatic N) is 1. The molecule has 0 atom stereocenters.